The first-order chi connectivity index (χ1) is 10.1. The molecule has 0 saturated carbocycles. The smallest absolute Gasteiger partial charge is 0.249 e. The van der Waals surface area contributed by atoms with E-state index in [2.05, 4.69) is 21.8 Å². The summed E-state index contributed by atoms with van der Waals surface area (Å²) in [6.07, 6.45) is 4.16. The second-order valence-corrected chi connectivity index (χ2v) is 6.01. The van der Waals surface area contributed by atoms with E-state index in [0.717, 1.165) is 29.7 Å². The Bertz CT molecular complexity index is 641. The van der Waals surface area contributed by atoms with Gasteiger partial charge in [-0.2, -0.15) is 9.78 Å². The van der Waals surface area contributed by atoms with Crippen molar-refractivity contribution < 1.29 is 4.79 Å². The first-order valence-corrected chi connectivity index (χ1v) is 7.64. The van der Waals surface area contributed by atoms with Crippen LogP contribution in [0.2, 0.25) is 0 Å². The van der Waals surface area contributed by atoms with Gasteiger partial charge in [-0.3, -0.25) is 4.79 Å². The highest BCUT2D eigenvalue weighted by atomic mass is 16.2. The van der Waals surface area contributed by atoms with Gasteiger partial charge in [-0.1, -0.05) is 13.8 Å². The summed E-state index contributed by atoms with van der Waals surface area (Å²) < 4.78 is 1.51. The Morgan fingerprint density at radius 3 is 3.05 bits per heavy atom. The molecular weight excluding hydrogens is 264 g/mol. The first-order valence-electron chi connectivity index (χ1n) is 7.64. The summed E-state index contributed by atoms with van der Waals surface area (Å²) in [4.78, 5) is 12.1. The van der Waals surface area contributed by atoms with Crippen molar-refractivity contribution in [3.05, 3.63) is 24.4 Å². The monoisotopic (exact) mass is 286 g/mol. The predicted molar refractivity (Wildman–Crippen MR) is 84.7 cm³/mol. The highest BCUT2D eigenvalue weighted by molar-refractivity contribution is 5.92. The van der Waals surface area contributed by atoms with Crippen molar-refractivity contribution in [1.82, 2.24) is 15.1 Å². The second kappa shape index (κ2) is 5.85. The number of nitrogens with zero attached hydrogens (tertiary/aromatic N) is 2. The summed E-state index contributed by atoms with van der Waals surface area (Å²) in [5.41, 5.74) is 1.97. The van der Waals surface area contributed by atoms with E-state index in [0.29, 0.717) is 6.04 Å². The summed E-state index contributed by atoms with van der Waals surface area (Å²) in [6, 6.07) is 6.55. The van der Waals surface area contributed by atoms with Crippen LogP contribution in [0.15, 0.2) is 24.4 Å². The van der Waals surface area contributed by atoms with Gasteiger partial charge >= 0.3 is 0 Å². The number of rotatable bonds is 3. The summed E-state index contributed by atoms with van der Waals surface area (Å²) in [7, 11) is 0. The standard InChI is InChI=1S/C16H22N4O/c1-11(2)16(21)20-15-6-5-13(8-12(15)9-18-20)19-14-4-3-7-17-10-14/h5-6,8-9,11,14,17,19H,3-4,7,10H2,1-2H3. The molecular formula is C16H22N4O. The number of anilines is 1. The lowest BCUT2D eigenvalue weighted by molar-refractivity contribution is 0.0844. The maximum atomic E-state index is 12.1. The zero-order valence-electron chi connectivity index (χ0n) is 12.6. The van der Waals surface area contributed by atoms with Gasteiger partial charge < -0.3 is 10.6 Å². The van der Waals surface area contributed by atoms with Crippen LogP contribution in [0.5, 0.6) is 0 Å². The molecule has 1 aliphatic heterocycles. The Hall–Kier alpha value is -1.88. The zero-order valence-corrected chi connectivity index (χ0v) is 12.6. The maximum Gasteiger partial charge on any atom is 0.249 e. The molecule has 3 rings (SSSR count). The Kier molecular flexibility index (Phi) is 3.92. The van der Waals surface area contributed by atoms with Gasteiger partial charge in [-0.05, 0) is 37.6 Å². The molecule has 21 heavy (non-hydrogen) atoms. The Morgan fingerprint density at radius 2 is 2.33 bits per heavy atom. The van der Waals surface area contributed by atoms with Crippen LogP contribution in [0.1, 0.15) is 31.5 Å². The van der Waals surface area contributed by atoms with Gasteiger partial charge in [-0.15, -0.1) is 0 Å². The fourth-order valence-electron chi connectivity index (χ4n) is 2.75. The molecule has 1 aromatic heterocycles. The number of nitrogens with one attached hydrogen (secondary N) is 2. The Labute approximate surface area is 124 Å². The molecule has 1 atom stereocenters. The summed E-state index contributed by atoms with van der Waals surface area (Å²) in [6.45, 7) is 5.90. The van der Waals surface area contributed by atoms with Crippen LogP contribution in [0.25, 0.3) is 10.9 Å². The average Bonchev–Trinajstić information content (AvgIpc) is 2.90. The molecule has 2 aromatic rings. The lowest BCUT2D eigenvalue weighted by atomic mass is 10.1. The molecule has 1 fully saturated rings. The largest absolute Gasteiger partial charge is 0.381 e. The number of piperidine rings is 1. The van der Waals surface area contributed by atoms with Crippen molar-refractivity contribution in [2.24, 2.45) is 5.92 Å². The topological polar surface area (TPSA) is 59.0 Å². The number of carbonyl (C=O) groups excluding carboxylic acids is 1. The van der Waals surface area contributed by atoms with E-state index in [1.807, 2.05) is 26.0 Å². The minimum absolute atomic E-state index is 0.0298. The zero-order chi connectivity index (χ0) is 14.8. The molecule has 1 saturated heterocycles. The van der Waals surface area contributed by atoms with E-state index in [4.69, 9.17) is 0 Å². The van der Waals surface area contributed by atoms with E-state index >= 15 is 0 Å². The molecule has 5 heteroatoms. The van der Waals surface area contributed by atoms with Gasteiger partial charge in [0.1, 0.15) is 0 Å². The molecule has 112 valence electrons. The Morgan fingerprint density at radius 1 is 1.48 bits per heavy atom. The summed E-state index contributed by atoms with van der Waals surface area (Å²) >= 11 is 0. The van der Waals surface area contributed by atoms with Gasteiger partial charge in [0.25, 0.3) is 0 Å². The van der Waals surface area contributed by atoms with Crippen molar-refractivity contribution in [1.29, 1.82) is 0 Å². The minimum atomic E-state index is -0.0563. The SMILES string of the molecule is CC(C)C(=O)n1ncc2cc(NC3CCCNC3)ccc21. The molecule has 1 unspecified atom stereocenters. The lowest BCUT2D eigenvalue weighted by Crippen LogP contribution is -2.38. The van der Waals surface area contributed by atoms with Crippen LogP contribution in [-0.2, 0) is 0 Å². The summed E-state index contributed by atoms with van der Waals surface area (Å²) in [5, 5.41) is 12.2. The van der Waals surface area contributed by atoms with Gasteiger partial charge in [0.15, 0.2) is 0 Å². The quantitative estimate of drug-likeness (QED) is 0.910. The number of carbonyl (C=O) groups is 1. The number of fused-ring (bicyclic) bond motifs is 1. The highest BCUT2D eigenvalue weighted by Crippen LogP contribution is 2.21. The summed E-state index contributed by atoms with van der Waals surface area (Å²) in [5.74, 6) is -0.0265. The lowest BCUT2D eigenvalue weighted by Gasteiger charge is -2.24. The van der Waals surface area contributed by atoms with Crippen molar-refractivity contribution in [2.75, 3.05) is 18.4 Å². The van der Waals surface area contributed by atoms with E-state index in [-0.39, 0.29) is 11.8 Å². The Balaban J connectivity index is 1.82. The maximum absolute atomic E-state index is 12.1. The van der Waals surface area contributed by atoms with Crippen LogP contribution in [0, 0.1) is 5.92 Å². The number of hydrogen-bond donors (Lipinski definition) is 2. The van der Waals surface area contributed by atoms with Crippen molar-refractivity contribution in [3.8, 4) is 0 Å². The third-order valence-corrected chi connectivity index (χ3v) is 3.94. The van der Waals surface area contributed by atoms with Gasteiger partial charge in [-0.25, -0.2) is 0 Å². The van der Waals surface area contributed by atoms with Crippen LogP contribution in [0.3, 0.4) is 0 Å². The molecule has 0 bridgehead atoms. The molecule has 0 aliphatic carbocycles. The number of benzene rings is 1. The fourth-order valence-corrected chi connectivity index (χ4v) is 2.75. The van der Waals surface area contributed by atoms with Crippen molar-refractivity contribution in [3.63, 3.8) is 0 Å². The van der Waals surface area contributed by atoms with E-state index < -0.39 is 0 Å². The second-order valence-electron chi connectivity index (χ2n) is 6.01. The van der Waals surface area contributed by atoms with Crippen LogP contribution < -0.4 is 10.6 Å². The third kappa shape index (κ3) is 2.93. The minimum Gasteiger partial charge on any atom is -0.381 e. The fraction of sp³-hybridized carbons (Fsp3) is 0.500. The number of aromatic nitrogens is 2. The third-order valence-electron chi connectivity index (χ3n) is 3.94. The normalized spacial score (nSPS) is 19.1. The van der Waals surface area contributed by atoms with Gasteiger partial charge in [0, 0.05) is 29.6 Å². The molecule has 1 aliphatic rings. The van der Waals surface area contributed by atoms with E-state index in [9.17, 15) is 4.79 Å². The van der Waals surface area contributed by atoms with Crippen LogP contribution in [0.4, 0.5) is 5.69 Å². The van der Waals surface area contributed by atoms with Crippen LogP contribution in [-0.4, -0.2) is 34.8 Å². The molecule has 1 aromatic carbocycles. The first kappa shape index (κ1) is 14.1. The molecule has 0 spiro atoms. The molecule has 5 nitrogen and oxygen atoms in total. The molecule has 2 N–H and O–H groups in total. The number of hydrogen-bond acceptors (Lipinski definition) is 4. The average molecular weight is 286 g/mol. The highest BCUT2D eigenvalue weighted by Gasteiger charge is 2.15. The molecule has 0 amide bonds. The molecule has 0 radical (unpaired) electrons. The van der Waals surface area contributed by atoms with E-state index in [1.54, 1.807) is 6.20 Å². The molecule has 2 heterocycles. The van der Waals surface area contributed by atoms with E-state index in [1.165, 1.54) is 17.5 Å². The van der Waals surface area contributed by atoms with Crippen molar-refractivity contribution in [2.45, 2.75) is 32.7 Å². The van der Waals surface area contributed by atoms with Crippen molar-refractivity contribution >= 4 is 22.5 Å². The van der Waals surface area contributed by atoms with Crippen LogP contribution >= 0.6 is 0 Å². The van der Waals surface area contributed by atoms with Gasteiger partial charge in [0.2, 0.25) is 5.91 Å². The predicted octanol–water partition coefficient (Wildman–Crippen LogP) is 2.50. The van der Waals surface area contributed by atoms with Gasteiger partial charge in [0.05, 0.1) is 11.7 Å².